The highest BCUT2D eigenvalue weighted by molar-refractivity contribution is 7.81. The maximum atomic E-state index is 12.4. The number of nitrogens with one attached hydrogen (secondary N) is 1. The minimum atomic E-state index is -0.212. The minimum absolute atomic E-state index is 0.212. The van der Waals surface area contributed by atoms with E-state index in [1.165, 1.54) is 6.26 Å². The van der Waals surface area contributed by atoms with Gasteiger partial charge >= 0.3 is 0 Å². The summed E-state index contributed by atoms with van der Waals surface area (Å²) in [6.07, 6.45) is 9.13. The number of amides is 1. The summed E-state index contributed by atoms with van der Waals surface area (Å²) in [4.78, 5) is 22.0. The van der Waals surface area contributed by atoms with E-state index in [4.69, 9.17) is 9.40 Å². The van der Waals surface area contributed by atoms with Crippen LogP contribution in [-0.4, -0.2) is 34.4 Å². The van der Waals surface area contributed by atoms with Crippen molar-refractivity contribution in [2.75, 3.05) is 18.4 Å². The summed E-state index contributed by atoms with van der Waals surface area (Å²) >= 11 is 4.53. The standard InChI is InChI=1S/C26H23N5O2S.C2H6/c1-5-7-21-15(6-2)10-23-25-20(28-14-31(21)23)9-8-19(29-25)17-11-16-18(26(32)27-3)13-33-24(16)12-22(17)30(4)34;1-2/h5-14,34H,2H2,1,3-4H3,(H,27,32);1-2H3/b7-5-;. The van der Waals surface area contributed by atoms with Crippen molar-refractivity contribution < 1.29 is 9.21 Å². The van der Waals surface area contributed by atoms with Gasteiger partial charge in [-0.3, -0.25) is 9.20 Å². The van der Waals surface area contributed by atoms with Gasteiger partial charge in [-0.05, 0) is 37.3 Å². The number of hydrogen-bond acceptors (Lipinski definition) is 6. The lowest BCUT2D eigenvalue weighted by atomic mass is 10.0. The molecule has 0 aliphatic heterocycles. The first-order chi connectivity index (χ1) is 17.5. The molecule has 0 aliphatic rings. The second-order valence-corrected chi connectivity index (χ2v) is 8.47. The molecule has 1 aromatic carbocycles. The molecule has 1 amide bonds. The fourth-order valence-corrected chi connectivity index (χ4v) is 4.39. The van der Waals surface area contributed by atoms with Crippen molar-refractivity contribution in [3.8, 4) is 11.3 Å². The largest absolute Gasteiger partial charge is 0.463 e. The number of carbonyl (C=O) groups excluding carboxylic acids is 1. The van der Waals surface area contributed by atoms with E-state index >= 15 is 0 Å². The molecule has 36 heavy (non-hydrogen) atoms. The van der Waals surface area contributed by atoms with Crippen molar-refractivity contribution in [2.24, 2.45) is 0 Å². The Kier molecular flexibility index (Phi) is 7.17. The summed E-state index contributed by atoms with van der Waals surface area (Å²) in [5.74, 6) is -0.212. The third-order valence-electron chi connectivity index (χ3n) is 5.87. The predicted molar refractivity (Wildman–Crippen MR) is 153 cm³/mol. The highest BCUT2D eigenvalue weighted by atomic mass is 32.1. The summed E-state index contributed by atoms with van der Waals surface area (Å²) in [5.41, 5.74) is 7.92. The van der Waals surface area contributed by atoms with Crippen molar-refractivity contribution in [3.05, 3.63) is 72.4 Å². The molecule has 0 fully saturated rings. The Bertz CT molecular complexity index is 1630. The van der Waals surface area contributed by atoms with Crippen LogP contribution < -0.4 is 9.62 Å². The maximum absolute atomic E-state index is 12.4. The molecule has 0 aliphatic carbocycles. The molecule has 5 rings (SSSR count). The average molecular weight is 500 g/mol. The molecule has 7 nitrogen and oxygen atoms in total. The Balaban J connectivity index is 0.00000148. The molecule has 4 aromatic heterocycles. The second kappa shape index (κ2) is 10.3. The number of aromatic nitrogens is 3. The zero-order chi connectivity index (χ0) is 26.0. The van der Waals surface area contributed by atoms with E-state index in [2.05, 4.69) is 35.8 Å². The number of allylic oxidation sites excluding steroid dienone is 1. The van der Waals surface area contributed by atoms with E-state index < -0.39 is 0 Å². The molecule has 0 saturated carbocycles. The molecule has 0 bridgehead atoms. The van der Waals surface area contributed by atoms with Crippen LogP contribution in [0.15, 0.2) is 60.0 Å². The van der Waals surface area contributed by atoms with Crippen LogP contribution in [0.25, 0.3) is 50.9 Å². The topological polar surface area (TPSA) is 75.7 Å². The zero-order valence-corrected chi connectivity index (χ0v) is 21.9. The molecule has 0 spiro atoms. The van der Waals surface area contributed by atoms with Gasteiger partial charge in [-0.25, -0.2) is 9.97 Å². The van der Waals surface area contributed by atoms with E-state index in [1.54, 1.807) is 17.7 Å². The summed E-state index contributed by atoms with van der Waals surface area (Å²) < 4.78 is 9.39. The maximum Gasteiger partial charge on any atom is 0.254 e. The molecule has 184 valence electrons. The fourth-order valence-electron chi connectivity index (χ4n) is 4.23. The van der Waals surface area contributed by atoms with Gasteiger partial charge in [0.05, 0.1) is 33.7 Å². The SMILES string of the molecule is C=Cc1cc2c3nc(-c4cc5c(C(=O)NC)coc5cc4N(C)S)ccc3ncn2c1/C=C\C.CC. The first kappa shape index (κ1) is 25.1. The number of nitrogens with zero attached hydrogens (tertiary/aromatic N) is 4. The van der Waals surface area contributed by atoms with Crippen molar-refractivity contribution in [1.29, 1.82) is 0 Å². The van der Waals surface area contributed by atoms with Crippen LogP contribution in [0.5, 0.6) is 0 Å². The van der Waals surface area contributed by atoms with Gasteiger partial charge in [-0.15, -0.1) is 0 Å². The Morgan fingerprint density at radius 2 is 2.03 bits per heavy atom. The second-order valence-electron chi connectivity index (χ2n) is 7.87. The lowest BCUT2D eigenvalue weighted by molar-refractivity contribution is 0.0964. The van der Waals surface area contributed by atoms with Gasteiger partial charge < -0.3 is 14.0 Å². The molecular weight excluding hydrogens is 470 g/mol. The zero-order valence-electron chi connectivity index (χ0n) is 21.0. The van der Waals surface area contributed by atoms with E-state index in [0.29, 0.717) is 16.5 Å². The number of rotatable bonds is 5. The van der Waals surface area contributed by atoms with Gasteiger partial charge in [-0.2, -0.15) is 0 Å². The number of thiol groups is 1. The molecule has 8 heteroatoms. The third kappa shape index (κ3) is 4.13. The number of anilines is 1. The van der Waals surface area contributed by atoms with Gasteiger partial charge in [-0.1, -0.05) is 45.4 Å². The number of hydrogen-bond donors (Lipinski definition) is 2. The summed E-state index contributed by atoms with van der Waals surface area (Å²) in [6.45, 7) is 9.93. The lowest BCUT2D eigenvalue weighted by Gasteiger charge is -2.16. The third-order valence-corrected chi connectivity index (χ3v) is 6.08. The molecule has 5 aromatic rings. The van der Waals surface area contributed by atoms with E-state index in [1.807, 2.05) is 74.7 Å². The van der Waals surface area contributed by atoms with Gasteiger partial charge in [0.15, 0.2) is 0 Å². The Hall–Kier alpha value is -4.04. The van der Waals surface area contributed by atoms with Gasteiger partial charge in [0.1, 0.15) is 23.7 Å². The van der Waals surface area contributed by atoms with E-state index in [-0.39, 0.29) is 5.91 Å². The van der Waals surface area contributed by atoms with Crippen LogP contribution in [-0.2, 0) is 0 Å². The van der Waals surface area contributed by atoms with Crippen LogP contribution >= 0.6 is 12.8 Å². The first-order valence-electron chi connectivity index (χ1n) is 11.7. The number of furan rings is 1. The molecular formula is C28H29N5O2S. The quantitative estimate of drug-likeness (QED) is 0.265. The highest BCUT2D eigenvalue weighted by Gasteiger charge is 2.19. The number of pyridine rings is 1. The minimum Gasteiger partial charge on any atom is -0.463 e. The van der Waals surface area contributed by atoms with Crippen LogP contribution in [0.1, 0.15) is 42.4 Å². The van der Waals surface area contributed by atoms with Crippen molar-refractivity contribution in [1.82, 2.24) is 19.7 Å². The van der Waals surface area contributed by atoms with E-state index in [0.717, 1.165) is 44.8 Å². The van der Waals surface area contributed by atoms with Crippen molar-refractivity contribution in [2.45, 2.75) is 20.8 Å². The average Bonchev–Trinajstić information content (AvgIpc) is 3.49. The lowest BCUT2D eigenvalue weighted by Crippen LogP contribution is -2.17. The molecule has 0 radical (unpaired) electrons. The Morgan fingerprint density at radius 3 is 2.69 bits per heavy atom. The molecule has 0 saturated heterocycles. The molecule has 0 unspecified atom stereocenters. The molecule has 0 atom stereocenters. The molecule has 1 N–H and O–H groups in total. The van der Waals surface area contributed by atoms with Crippen LogP contribution in [0.2, 0.25) is 0 Å². The predicted octanol–water partition coefficient (Wildman–Crippen LogP) is 6.64. The van der Waals surface area contributed by atoms with Crippen LogP contribution in [0.3, 0.4) is 0 Å². The first-order valence-corrected chi connectivity index (χ1v) is 12.1. The van der Waals surface area contributed by atoms with E-state index in [9.17, 15) is 4.79 Å². The summed E-state index contributed by atoms with van der Waals surface area (Å²) in [7, 11) is 3.43. The summed E-state index contributed by atoms with van der Waals surface area (Å²) in [5, 5.41) is 3.37. The number of carbonyl (C=O) groups is 1. The fraction of sp³-hybridized carbons (Fsp3) is 0.179. The molecule has 4 heterocycles. The number of benzene rings is 1. The van der Waals surface area contributed by atoms with Crippen LogP contribution in [0.4, 0.5) is 5.69 Å². The van der Waals surface area contributed by atoms with Crippen molar-refractivity contribution in [3.63, 3.8) is 0 Å². The smallest absolute Gasteiger partial charge is 0.254 e. The Labute approximate surface area is 215 Å². The Morgan fingerprint density at radius 1 is 1.25 bits per heavy atom. The highest BCUT2D eigenvalue weighted by Crippen LogP contribution is 2.37. The monoisotopic (exact) mass is 499 g/mol. The van der Waals surface area contributed by atoms with Crippen LogP contribution in [0, 0.1) is 0 Å². The van der Waals surface area contributed by atoms with Crippen molar-refractivity contribution >= 4 is 64.1 Å². The number of fused-ring (bicyclic) bond motifs is 4. The van der Waals surface area contributed by atoms with Gasteiger partial charge in [0.25, 0.3) is 5.91 Å². The van der Waals surface area contributed by atoms with Gasteiger partial charge in [0.2, 0.25) is 0 Å². The van der Waals surface area contributed by atoms with Gasteiger partial charge in [0, 0.05) is 36.7 Å². The normalized spacial score (nSPS) is 11.2. The summed E-state index contributed by atoms with van der Waals surface area (Å²) in [6, 6.07) is 9.74.